The number of methoxy groups -OCH3 is 1. The highest BCUT2D eigenvalue weighted by atomic mass is 28.4. The highest BCUT2D eigenvalue weighted by molar-refractivity contribution is 6.73. The standard InChI is InChI=1S/C34H61NO6Si/c1-12-21-38-33(36)35-23-29-20-19-26(7)30(39-29)25(6)18-16-17-24(5)22-34(10)32(40-34)27(8)31(37-11)28(9)41-42(13-2,14-3)15-4/h12,16-18,24,26-32H,1,13-15,19-23H2,2-11H3,(H,35,36)/b17-16+,25-18+/t24-,26+,27-,28-,29-,30-,31-,32-,34-/m1/s1. The number of alkyl carbamates (subject to hydrolysis) is 1. The van der Waals surface area contributed by atoms with Crippen LogP contribution >= 0.6 is 0 Å². The van der Waals surface area contributed by atoms with Crippen molar-refractivity contribution in [1.29, 1.82) is 0 Å². The summed E-state index contributed by atoms with van der Waals surface area (Å²) in [4.78, 5) is 11.8. The molecule has 0 aromatic carbocycles. The van der Waals surface area contributed by atoms with Crippen LogP contribution in [0.4, 0.5) is 4.79 Å². The number of hydrogen-bond donors (Lipinski definition) is 1. The fourth-order valence-electron chi connectivity index (χ4n) is 6.85. The van der Waals surface area contributed by atoms with Gasteiger partial charge in [0.2, 0.25) is 0 Å². The third-order valence-electron chi connectivity index (χ3n) is 9.62. The number of rotatable bonds is 18. The van der Waals surface area contributed by atoms with Crippen molar-refractivity contribution in [3.05, 3.63) is 36.5 Å². The Hall–Kier alpha value is -1.45. The molecular weight excluding hydrogens is 546 g/mol. The van der Waals surface area contributed by atoms with Crippen molar-refractivity contribution >= 4 is 14.4 Å². The zero-order valence-electron chi connectivity index (χ0n) is 28.2. The van der Waals surface area contributed by atoms with Crippen LogP contribution in [0.2, 0.25) is 18.1 Å². The first kappa shape index (κ1) is 36.7. The van der Waals surface area contributed by atoms with Crippen molar-refractivity contribution in [2.45, 2.75) is 136 Å². The minimum Gasteiger partial charge on any atom is -0.445 e. The van der Waals surface area contributed by atoms with Crippen LogP contribution in [-0.2, 0) is 23.4 Å². The molecule has 1 N–H and O–H groups in total. The second kappa shape index (κ2) is 17.1. The summed E-state index contributed by atoms with van der Waals surface area (Å²) < 4.78 is 30.5. The fourth-order valence-corrected chi connectivity index (χ4v) is 9.77. The summed E-state index contributed by atoms with van der Waals surface area (Å²) in [6.07, 6.45) is 10.9. The molecule has 0 saturated carbocycles. The van der Waals surface area contributed by atoms with Gasteiger partial charge < -0.3 is 28.7 Å². The van der Waals surface area contributed by atoms with E-state index in [1.807, 2.05) is 7.11 Å². The van der Waals surface area contributed by atoms with E-state index < -0.39 is 14.4 Å². The molecule has 8 heteroatoms. The Morgan fingerprint density at radius 2 is 1.83 bits per heavy atom. The highest BCUT2D eigenvalue weighted by Gasteiger charge is 2.57. The van der Waals surface area contributed by atoms with Crippen LogP contribution in [0.15, 0.2) is 36.5 Å². The van der Waals surface area contributed by atoms with E-state index in [9.17, 15) is 4.79 Å². The van der Waals surface area contributed by atoms with Crippen molar-refractivity contribution < 1.29 is 28.2 Å². The first-order chi connectivity index (χ1) is 19.9. The molecule has 242 valence electrons. The molecule has 1 amide bonds. The lowest BCUT2D eigenvalue weighted by molar-refractivity contribution is -0.0573. The van der Waals surface area contributed by atoms with Crippen molar-refractivity contribution in [3.8, 4) is 0 Å². The topological polar surface area (TPSA) is 78.6 Å². The number of epoxide rings is 1. The third-order valence-corrected chi connectivity index (χ3v) is 14.4. The van der Waals surface area contributed by atoms with Gasteiger partial charge in [-0.2, -0.15) is 0 Å². The molecule has 0 unspecified atom stereocenters. The van der Waals surface area contributed by atoms with Gasteiger partial charge in [0.05, 0.1) is 36.1 Å². The molecule has 0 aromatic rings. The van der Waals surface area contributed by atoms with Gasteiger partial charge in [0.1, 0.15) is 6.61 Å². The van der Waals surface area contributed by atoms with Gasteiger partial charge >= 0.3 is 6.09 Å². The molecule has 2 aliphatic rings. The van der Waals surface area contributed by atoms with Crippen molar-refractivity contribution in [2.75, 3.05) is 20.3 Å². The summed E-state index contributed by atoms with van der Waals surface area (Å²) >= 11 is 0. The molecular formula is C34H61NO6Si. The number of carbonyl (C=O) groups excluding carboxylic acids is 1. The van der Waals surface area contributed by atoms with Gasteiger partial charge in [-0.3, -0.25) is 0 Å². The summed E-state index contributed by atoms with van der Waals surface area (Å²) in [6, 6.07) is 3.42. The van der Waals surface area contributed by atoms with Crippen LogP contribution in [0.1, 0.15) is 81.6 Å². The molecule has 0 aliphatic carbocycles. The molecule has 9 atom stereocenters. The molecule has 0 radical (unpaired) electrons. The maximum atomic E-state index is 11.8. The van der Waals surface area contributed by atoms with Gasteiger partial charge in [-0.25, -0.2) is 4.79 Å². The summed E-state index contributed by atoms with van der Waals surface area (Å²) in [7, 11) is 0.0978. The largest absolute Gasteiger partial charge is 0.445 e. The zero-order valence-corrected chi connectivity index (χ0v) is 29.2. The lowest BCUT2D eigenvalue weighted by atomic mass is 9.85. The molecule has 2 rings (SSSR count). The lowest BCUT2D eigenvalue weighted by Gasteiger charge is -2.36. The van der Waals surface area contributed by atoms with Crippen molar-refractivity contribution in [1.82, 2.24) is 5.32 Å². The van der Waals surface area contributed by atoms with E-state index in [4.69, 9.17) is 23.4 Å². The van der Waals surface area contributed by atoms with E-state index in [-0.39, 0.29) is 48.6 Å². The molecule has 0 bridgehead atoms. The van der Waals surface area contributed by atoms with Crippen molar-refractivity contribution in [3.63, 3.8) is 0 Å². The van der Waals surface area contributed by atoms with E-state index in [1.54, 1.807) is 6.08 Å². The Morgan fingerprint density at radius 3 is 2.43 bits per heavy atom. The summed E-state index contributed by atoms with van der Waals surface area (Å²) in [5.74, 6) is 1.05. The van der Waals surface area contributed by atoms with Gasteiger partial charge in [0.15, 0.2) is 8.32 Å². The van der Waals surface area contributed by atoms with Gasteiger partial charge in [-0.05, 0) is 75.6 Å². The Kier molecular flexibility index (Phi) is 15.0. The Labute approximate surface area is 257 Å². The monoisotopic (exact) mass is 607 g/mol. The van der Waals surface area contributed by atoms with Crippen LogP contribution in [0.3, 0.4) is 0 Å². The van der Waals surface area contributed by atoms with Crippen LogP contribution in [0.5, 0.6) is 0 Å². The maximum Gasteiger partial charge on any atom is 0.407 e. The molecule has 0 aromatic heterocycles. The third kappa shape index (κ3) is 10.3. The van der Waals surface area contributed by atoms with Crippen LogP contribution in [0.25, 0.3) is 0 Å². The Bertz CT molecular complexity index is 896. The van der Waals surface area contributed by atoms with E-state index in [2.05, 4.69) is 92.4 Å². The quantitative estimate of drug-likeness (QED) is 0.0741. The van der Waals surface area contributed by atoms with Crippen LogP contribution in [-0.4, -0.2) is 70.8 Å². The number of carbonyl (C=O) groups is 1. The fraction of sp³-hybridized carbons (Fsp3) is 0.794. The number of hydrogen-bond acceptors (Lipinski definition) is 6. The molecule has 2 saturated heterocycles. The minimum absolute atomic E-state index is 0.0130. The van der Waals surface area contributed by atoms with Crippen LogP contribution < -0.4 is 5.32 Å². The molecule has 42 heavy (non-hydrogen) atoms. The second-order valence-electron chi connectivity index (χ2n) is 13.0. The Morgan fingerprint density at radius 1 is 1.17 bits per heavy atom. The molecule has 2 aliphatic heterocycles. The van der Waals surface area contributed by atoms with Crippen molar-refractivity contribution in [2.24, 2.45) is 17.8 Å². The number of allylic oxidation sites excluding steroid dienone is 3. The van der Waals surface area contributed by atoms with E-state index in [0.717, 1.165) is 37.4 Å². The van der Waals surface area contributed by atoms with Gasteiger partial charge in [-0.1, -0.05) is 72.4 Å². The van der Waals surface area contributed by atoms with Gasteiger partial charge in [-0.15, -0.1) is 0 Å². The van der Waals surface area contributed by atoms with E-state index in [1.165, 1.54) is 5.57 Å². The summed E-state index contributed by atoms with van der Waals surface area (Å²) in [5, 5.41) is 2.80. The van der Waals surface area contributed by atoms with Gasteiger partial charge in [0.25, 0.3) is 0 Å². The zero-order chi connectivity index (χ0) is 31.5. The minimum atomic E-state index is -1.71. The summed E-state index contributed by atoms with van der Waals surface area (Å²) in [5.41, 5.74) is 1.05. The molecule has 7 nitrogen and oxygen atoms in total. The first-order valence-electron chi connectivity index (χ1n) is 16.3. The lowest BCUT2D eigenvalue weighted by Crippen LogP contribution is -2.46. The van der Waals surface area contributed by atoms with E-state index in [0.29, 0.717) is 18.4 Å². The van der Waals surface area contributed by atoms with Crippen LogP contribution in [0, 0.1) is 17.8 Å². The predicted molar refractivity (Wildman–Crippen MR) is 174 cm³/mol. The highest BCUT2D eigenvalue weighted by Crippen LogP contribution is 2.47. The molecule has 2 fully saturated rings. The maximum absolute atomic E-state index is 11.8. The SMILES string of the molecule is C=CCOC(=O)NC[C@H]1CC[C@H](C)[C@@H](/C(C)=C/C=C/[C@@H](C)C[C@@]2(C)O[C@@H]2[C@H](C)[C@@H](OC)[C@@H](C)O[Si](CC)(CC)CC)O1. The first-order valence-corrected chi connectivity index (χ1v) is 18.8. The smallest absolute Gasteiger partial charge is 0.407 e. The number of amides is 1. The predicted octanol–water partition coefficient (Wildman–Crippen LogP) is 7.83. The van der Waals surface area contributed by atoms with E-state index >= 15 is 0 Å². The number of ether oxygens (including phenoxy) is 4. The average molecular weight is 608 g/mol. The molecule has 2 heterocycles. The number of nitrogens with one attached hydrogen (secondary N) is 1. The Balaban J connectivity index is 1.90. The normalized spacial score (nSPS) is 29.5. The summed E-state index contributed by atoms with van der Waals surface area (Å²) in [6.45, 7) is 24.3. The average Bonchev–Trinajstić information content (AvgIpc) is 3.64. The molecule has 0 spiro atoms. The van der Waals surface area contributed by atoms with Gasteiger partial charge in [0, 0.05) is 19.6 Å². The second-order valence-corrected chi connectivity index (χ2v) is 17.7.